The van der Waals surface area contributed by atoms with Crippen LogP contribution in [0.1, 0.15) is 50.1 Å². The lowest BCUT2D eigenvalue weighted by molar-refractivity contribution is 0.0885. The van der Waals surface area contributed by atoms with Gasteiger partial charge in [0.05, 0.1) is 6.61 Å². The summed E-state index contributed by atoms with van der Waals surface area (Å²) < 4.78 is 7.58. The van der Waals surface area contributed by atoms with Crippen molar-refractivity contribution in [3.8, 4) is 5.75 Å². The molecule has 8 heteroatoms. The lowest BCUT2D eigenvalue weighted by Crippen LogP contribution is -2.29. The molecular formula is C20H31N5O3. The van der Waals surface area contributed by atoms with Gasteiger partial charge in [-0.1, -0.05) is 25.5 Å². The molecule has 8 nitrogen and oxygen atoms in total. The zero-order chi connectivity index (χ0) is 19.9. The monoisotopic (exact) mass is 389 g/mol. The Morgan fingerprint density at radius 2 is 1.89 bits per heavy atom. The summed E-state index contributed by atoms with van der Waals surface area (Å²) in [5.41, 5.74) is 1.30. The van der Waals surface area contributed by atoms with E-state index in [1.807, 2.05) is 19.1 Å². The summed E-state index contributed by atoms with van der Waals surface area (Å²) in [7, 11) is 1.73. The number of likely N-dealkylation sites (tertiary alicyclic amines) is 1. The summed E-state index contributed by atoms with van der Waals surface area (Å²) >= 11 is 0. The number of rotatable bonds is 9. The van der Waals surface area contributed by atoms with Crippen LogP contribution in [0.25, 0.3) is 0 Å². The number of hydrogen-bond donors (Lipinski definition) is 3. The number of nitrogens with zero attached hydrogens (tertiary/aromatic N) is 4. The summed E-state index contributed by atoms with van der Waals surface area (Å²) in [4.78, 5) is 6.74. The molecule has 0 amide bonds. The number of benzene rings is 1. The Hall–Kier alpha value is -2.16. The first kappa shape index (κ1) is 20.6. The van der Waals surface area contributed by atoms with Crippen LogP contribution in [0.5, 0.6) is 5.75 Å². The zero-order valence-electron chi connectivity index (χ0n) is 16.7. The standard InChI is InChI=1S/C20H31N5O3/c1-3-18(21-20-22-19(17(27)14-26)23-24(20)2)28-16-9-7-15(8-10-16)13-25-11-5-4-6-12-25/h7-10,17-18,26-27H,3-6,11-14H2,1-2H3,(H,21,22,23). The summed E-state index contributed by atoms with van der Waals surface area (Å²) in [6.45, 7) is 4.96. The van der Waals surface area contributed by atoms with Crippen molar-refractivity contribution in [1.29, 1.82) is 0 Å². The second-order valence-corrected chi connectivity index (χ2v) is 7.26. The highest BCUT2D eigenvalue weighted by atomic mass is 16.5. The highest BCUT2D eigenvalue weighted by Gasteiger charge is 2.17. The number of anilines is 1. The number of aliphatic hydroxyl groups excluding tert-OH is 2. The molecule has 1 aromatic carbocycles. The van der Waals surface area contributed by atoms with Gasteiger partial charge in [0.15, 0.2) is 12.1 Å². The number of ether oxygens (including phenoxy) is 1. The van der Waals surface area contributed by atoms with Gasteiger partial charge in [0.25, 0.3) is 0 Å². The van der Waals surface area contributed by atoms with Crippen molar-refractivity contribution in [3.05, 3.63) is 35.7 Å². The third-order valence-electron chi connectivity index (χ3n) is 4.97. The van der Waals surface area contributed by atoms with E-state index in [1.54, 1.807) is 7.05 Å². The Bertz CT molecular complexity index is 728. The summed E-state index contributed by atoms with van der Waals surface area (Å²) in [6, 6.07) is 8.24. The highest BCUT2D eigenvalue weighted by Crippen LogP contribution is 2.19. The SMILES string of the molecule is CCC(Nc1nc(C(O)CO)nn1C)Oc1ccc(CN2CCCCC2)cc1. The molecule has 3 rings (SSSR count). The fourth-order valence-corrected chi connectivity index (χ4v) is 3.33. The molecule has 2 unspecified atom stereocenters. The van der Waals surface area contributed by atoms with E-state index in [2.05, 4.69) is 32.4 Å². The van der Waals surface area contributed by atoms with Crippen molar-refractivity contribution in [2.45, 2.75) is 51.5 Å². The molecule has 1 saturated heterocycles. The fraction of sp³-hybridized carbons (Fsp3) is 0.600. The molecule has 0 spiro atoms. The van der Waals surface area contributed by atoms with Gasteiger partial charge in [-0.3, -0.25) is 4.90 Å². The van der Waals surface area contributed by atoms with Gasteiger partial charge in [-0.2, -0.15) is 10.1 Å². The first-order valence-corrected chi connectivity index (χ1v) is 10.0. The van der Waals surface area contributed by atoms with E-state index in [4.69, 9.17) is 9.84 Å². The Labute approximate surface area is 166 Å². The first-order valence-electron chi connectivity index (χ1n) is 10.0. The minimum absolute atomic E-state index is 0.185. The molecule has 0 aliphatic carbocycles. The van der Waals surface area contributed by atoms with E-state index < -0.39 is 12.7 Å². The predicted molar refractivity (Wildman–Crippen MR) is 107 cm³/mol. The first-order chi connectivity index (χ1) is 13.6. The van der Waals surface area contributed by atoms with Crippen LogP contribution in [-0.4, -0.2) is 55.8 Å². The van der Waals surface area contributed by atoms with Gasteiger partial charge in [0, 0.05) is 20.0 Å². The molecule has 1 aliphatic rings. The molecule has 2 aromatic rings. The van der Waals surface area contributed by atoms with E-state index in [0.717, 1.165) is 18.7 Å². The third kappa shape index (κ3) is 5.43. The lowest BCUT2D eigenvalue weighted by Gasteiger charge is -2.26. The molecule has 3 N–H and O–H groups in total. The van der Waals surface area contributed by atoms with Crippen LogP contribution in [0.15, 0.2) is 24.3 Å². The number of aryl methyl sites for hydroxylation is 1. The molecule has 154 valence electrons. The van der Waals surface area contributed by atoms with Crippen LogP contribution < -0.4 is 10.1 Å². The van der Waals surface area contributed by atoms with Crippen LogP contribution in [-0.2, 0) is 13.6 Å². The summed E-state index contributed by atoms with van der Waals surface area (Å²) in [6.07, 6.45) is 3.29. The fourth-order valence-electron chi connectivity index (χ4n) is 3.33. The Balaban J connectivity index is 1.57. The maximum Gasteiger partial charge on any atom is 0.224 e. The van der Waals surface area contributed by atoms with Crippen LogP contribution in [0, 0.1) is 0 Å². The average molecular weight is 390 g/mol. The molecule has 1 fully saturated rings. The lowest BCUT2D eigenvalue weighted by atomic mass is 10.1. The Morgan fingerprint density at radius 3 is 2.54 bits per heavy atom. The zero-order valence-corrected chi connectivity index (χ0v) is 16.7. The molecule has 0 saturated carbocycles. The van der Waals surface area contributed by atoms with Gasteiger partial charge < -0.3 is 20.3 Å². The smallest absolute Gasteiger partial charge is 0.224 e. The van der Waals surface area contributed by atoms with Crippen LogP contribution in [0.3, 0.4) is 0 Å². The van der Waals surface area contributed by atoms with Crippen molar-refractivity contribution >= 4 is 5.95 Å². The Kier molecular flexibility index (Phi) is 7.24. The van der Waals surface area contributed by atoms with Crippen LogP contribution in [0.4, 0.5) is 5.95 Å². The van der Waals surface area contributed by atoms with Crippen LogP contribution in [0.2, 0.25) is 0 Å². The molecule has 0 bridgehead atoms. The highest BCUT2D eigenvalue weighted by molar-refractivity contribution is 5.30. The summed E-state index contributed by atoms with van der Waals surface area (Å²) in [5.74, 6) is 1.46. The minimum Gasteiger partial charge on any atom is -0.471 e. The molecular weight excluding hydrogens is 358 g/mol. The summed E-state index contributed by atoms with van der Waals surface area (Å²) in [5, 5.41) is 26.0. The van der Waals surface area contributed by atoms with E-state index in [1.165, 1.54) is 42.6 Å². The van der Waals surface area contributed by atoms with Crippen molar-refractivity contribution in [2.24, 2.45) is 7.05 Å². The van der Waals surface area contributed by atoms with E-state index >= 15 is 0 Å². The van der Waals surface area contributed by atoms with Crippen LogP contribution >= 0.6 is 0 Å². The molecule has 2 heterocycles. The Morgan fingerprint density at radius 1 is 1.18 bits per heavy atom. The molecule has 1 aromatic heterocycles. The second kappa shape index (κ2) is 9.86. The van der Waals surface area contributed by atoms with Gasteiger partial charge in [-0.05, 0) is 43.6 Å². The third-order valence-corrected chi connectivity index (χ3v) is 4.97. The molecule has 28 heavy (non-hydrogen) atoms. The predicted octanol–water partition coefficient (Wildman–Crippen LogP) is 2.05. The van der Waals surface area contributed by atoms with Gasteiger partial charge in [0.1, 0.15) is 11.9 Å². The topological polar surface area (TPSA) is 95.7 Å². The van der Waals surface area contributed by atoms with Gasteiger partial charge >= 0.3 is 0 Å². The number of aliphatic hydroxyl groups is 2. The van der Waals surface area contributed by atoms with Crippen molar-refractivity contribution < 1.29 is 14.9 Å². The normalized spacial score (nSPS) is 17.3. The molecule has 1 aliphatic heterocycles. The quantitative estimate of drug-likeness (QED) is 0.565. The molecule has 2 atom stereocenters. The maximum absolute atomic E-state index is 9.69. The van der Waals surface area contributed by atoms with Gasteiger partial charge in [0.2, 0.25) is 5.95 Å². The molecule has 0 radical (unpaired) electrons. The van der Waals surface area contributed by atoms with Crippen molar-refractivity contribution in [3.63, 3.8) is 0 Å². The van der Waals surface area contributed by atoms with E-state index in [0.29, 0.717) is 5.95 Å². The number of nitrogens with one attached hydrogen (secondary N) is 1. The minimum atomic E-state index is -1.09. The number of piperidine rings is 1. The largest absolute Gasteiger partial charge is 0.471 e. The maximum atomic E-state index is 9.69. The van der Waals surface area contributed by atoms with E-state index in [9.17, 15) is 5.11 Å². The van der Waals surface area contributed by atoms with E-state index in [-0.39, 0.29) is 12.1 Å². The number of hydrogen-bond acceptors (Lipinski definition) is 7. The average Bonchev–Trinajstić information content (AvgIpc) is 3.09. The van der Waals surface area contributed by atoms with Crippen molar-refractivity contribution in [1.82, 2.24) is 19.7 Å². The second-order valence-electron chi connectivity index (χ2n) is 7.26. The van der Waals surface area contributed by atoms with Gasteiger partial charge in [-0.15, -0.1) is 0 Å². The number of aromatic nitrogens is 3. The van der Waals surface area contributed by atoms with Crippen molar-refractivity contribution in [2.75, 3.05) is 25.0 Å². The van der Waals surface area contributed by atoms with Gasteiger partial charge in [-0.25, -0.2) is 4.68 Å².